The third-order valence-corrected chi connectivity index (χ3v) is 2.75. The number of aryl methyl sites for hydroxylation is 1. The maximum Gasteiger partial charge on any atom is 0.337 e. The second-order valence-corrected chi connectivity index (χ2v) is 4.16. The summed E-state index contributed by atoms with van der Waals surface area (Å²) in [5.74, 6) is -1.39. The standard InChI is InChI=1S/C14H13FN2O2/c1-8-7-9(5-6-11(8)15)17-13-10(14(18)19)3-2-4-12(13)16/h2-7,17H,16H2,1H3,(H,18,19). The van der Waals surface area contributed by atoms with Gasteiger partial charge in [0, 0.05) is 5.69 Å². The summed E-state index contributed by atoms with van der Waals surface area (Å²) >= 11 is 0. The minimum atomic E-state index is -1.08. The first-order valence-electron chi connectivity index (χ1n) is 5.64. The average Bonchev–Trinajstić information content (AvgIpc) is 2.36. The van der Waals surface area contributed by atoms with Gasteiger partial charge in [-0.25, -0.2) is 9.18 Å². The summed E-state index contributed by atoms with van der Waals surface area (Å²) in [6.07, 6.45) is 0. The first-order valence-corrected chi connectivity index (χ1v) is 5.64. The quantitative estimate of drug-likeness (QED) is 0.741. The van der Waals surface area contributed by atoms with Crippen molar-refractivity contribution in [1.82, 2.24) is 0 Å². The molecule has 0 bridgehead atoms. The number of halogens is 1. The van der Waals surface area contributed by atoms with Gasteiger partial charge in [-0.1, -0.05) is 6.07 Å². The lowest BCUT2D eigenvalue weighted by Crippen LogP contribution is -2.05. The molecule has 0 unspecified atom stereocenters. The monoisotopic (exact) mass is 260 g/mol. The van der Waals surface area contributed by atoms with Crippen LogP contribution in [0.4, 0.5) is 21.5 Å². The van der Waals surface area contributed by atoms with Gasteiger partial charge in [0.2, 0.25) is 0 Å². The maximum absolute atomic E-state index is 13.2. The maximum atomic E-state index is 13.2. The van der Waals surface area contributed by atoms with Gasteiger partial charge in [-0.15, -0.1) is 0 Å². The first kappa shape index (κ1) is 12.9. The van der Waals surface area contributed by atoms with Crippen LogP contribution in [-0.4, -0.2) is 11.1 Å². The van der Waals surface area contributed by atoms with E-state index in [9.17, 15) is 9.18 Å². The number of carbonyl (C=O) groups is 1. The number of aromatic carboxylic acids is 1. The Bertz CT molecular complexity index is 641. The number of carboxylic acid groups (broad SMARTS) is 1. The molecule has 0 aliphatic rings. The zero-order chi connectivity index (χ0) is 14.0. The number of hydrogen-bond acceptors (Lipinski definition) is 3. The van der Waals surface area contributed by atoms with E-state index in [0.29, 0.717) is 22.6 Å². The van der Waals surface area contributed by atoms with Crippen molar-refractivity contribution < 1.29 is 14.3 Å². The number of nitrogens with one attached hydrogen (secondary N) is 1. The van der Waals surface area contributed by atoms with Gasteiger partial charge in [-0.05, 0) is 42.8 Å². The SMILES string of the molecule is Cc1cc(Nc2c(N)cccc2C(=O)O)ccc1F. The summed E-state index contributed by atoms with van der Waals surface area (Å²) in [7, 11) is 0. The highest BCUT2D eigenvalue weighted by Gasteiger charge is 2.13. The molecule has 0 atom stereocenters. The molecule has 98 valence electrons. The Labute approximate surface area is 109 Å². The summed E-state index contributed by atoms with van der Waals surface area (Å²) in [6, 6.07) is 9.06. The molecule has 0 heterocycles. The van der Waals surface area contributed by atoms with Crippen molar-refractivity contribution in [2.75, 3.05) is 11.1 Å². The average molecular weight is 260 g/mol. The molecular weight excluding hydrogens is 247 g/mol. The van der Waals surface area contributed by atoms with E-state index in [1.807, 2.05) is 0 Å². The van der Waals surface area contributed by atoms with E-state index in [1.54, 1.807) is 25.1 Å². The van der Waals surface area contributed by atoms with E-state index in [1.165, 1.54) is 18.2 Å². The van der Waals surface area contributed by atoms with Gasteiger partial charge in [0.05, 0.1) is 16.9 Å². The molecule has 19 heavy (non-hydrogen) atoms. The lowest BCUT2D eigenvalue weighted by molar-refractivity contribution is 0.0698. The number of para-hydroxylation sites is 1. The molecule has 4 nitrogen and oxygen atoms in total. The van der Waals surface area contributed by atoms with Crippen LogP contribution in [0.2, 0.25) is 0 Å². The molecule has 0 aliphatic heterocycles. The van der Waals surface area contributed by atoms with Gasteiger partial charge in [0.25, 0.3) is 0 Å². The fraction of sp³-hybridized carbons (Fsp3) is 0.0714. The second-order valence-electron chi connectivity index (χ2n) is 4.16. The van der Waals surface area contributed by atoms with Crippen LogP contribution >= 0.6 is 0 Å². The summed E-state index contributed by atoms with van der Waals surface area (Å²) < 4.78 is 13.2. The van der Waals surface area contributed by atoms with Gasteiger partial charge in [-0.2, -0.15) is 0 Å². The summed E-state index contributed by atoms with van der Waals surface area (Å²) in [6.45, 7) is 1.63. The fourth-order valence-electron chi connectivity index (χ4n) is 1.75. The minimum Gasteiger partial charge on any atom is -0.478 e. The second kappa shape index (κ2) is 4.97. The van der Waals surface area contributed by atoms with Crippen LogP contribution in [0.15, 0.2) is 36.4 Å². The number of anilines is 3. The van der Waals surface area contributed by atoms with Crippen molar-refractivity contribution in [3.8, 4) is 0 Å². The Kier molecular flexibility index (Phi) is 3.37. The summed E-state index contributed by atoms with van der Waals surface area (Å²) in [5, 5.41) is 12.0. The molecule has 0 amide bonds. The molecule has 0 saturated carbocycles. The van der Waals surface area contributed by atoms with Crippen LogP contribution < -0.4 is 11.1 Å². The Morgan fingerprint density at radius 3 is 2.68 bits per heavy atom. The van der Waals surface area contributed by atoms with Crippen molar-refractivity contribution in [3.63, 3.8) is 0 Å². The Morgan fingerprint density at radius 2 is 2.05 bits per heavy atom. The molecule has 5 heteroatoms. The minimum absolute atomic E-state index is 0.0713. The van der Waals surface area contributed by atoms with E-state index in [-0.39, 0.29) is 11.4 Å². The van der Waals surface area contributed by atoms with Gasteiger partial charge in [-0.3, -0.25) is 0 Å². The zero-order valence-corrected chi connectivity index (χ0v) is 10.3. The van der Waals surface area contributed by atoms with Crippen LogP contribution in [0.5, 0.6) is 0 Å². The molecule has 0 fully saturated rings. The van der Waals surface area contributed by atoms with Crippen molar-refractivity contribution in [2.24, 2.45) is 0 Å². The van der Waals surface area contributed by atoms with Crippen LogP contribution in [0, 0.1) is 12.7 Å². The van der Waals surface area contributed by atoms with Crippen molar-refractivity contribution in [2.45, 2.75) is 6.92 Å². The van der Waals surface area contributed by atoms with Crippen molar-refractivity contribution in [1.29, 1.82) is 0 Å². The molecule has 2 aromatic rings. The number of carboxylic acids is 1. The van der Waals surface area contributed by atoms with Gasteiger partial charge < -0.3 is 16.2 Å². The molecule has 4 N–H and O–H groups in total. The highest BCUT2D eigenvalue weighted by atomic mass is 19.1. The molecule has 0 spiro atoms. The van der Waals surface area contributed by atoms with E-state index in [2.05, 4.69) is 5.32 Å². The highest BCUT2D eigenvalue weighted by molar-refractivity contribution is 5.98. The Balaban J connectivity index is 2.42. The third kappa shape index (κ3) is 2.65. The molecule has 0 aromatic heterocycles. The number of nitrogens with two attached hydrogens (primary N) is 1. The van der Waals surface area contributed by atoms with Crippen LogP contribution in [0.25, 0.3) is 0 Å². The van der Waals surface area contributed by atoms with Crippen LogP contribution in [0.1, 0.15) is 15.9 Å². The van der Waals surface area contributed by atoms with Crippen molar-refractivity contribution in [3.05, 3.63) is 53.3 Å². The van der Waals surface area contributed by atoms with E-state index >= 15 is 0 Å². The Hall–Kier alpha value is -2.56. The van der Waals surface area contributed by atoms with E-state index < -0.39 is 5.97 Å². The molecule has 0 radical (unpaired) electrons. The fourth-order valence-corrected chi connectivity index (χ4v) is 1.75. The number of hydrogen-bond donors (Lipinski definition) is 3. The topological polar surface area (TPSA) is 75.3 Å². The Morgan fingerprint density at radius 1 is 1.32 bits per heavy atom. The normalized spacial score (nSPS) is 10.2. The summed E-state index contributed by atoms with van der Waals surface area (Å²) in [4.78, 5) is 11.1. The number of benzene rings is 2. The molecule has 2 rings (SSSR count). The van der Waals surface area contributed by atoms with Gasteiger partial charge in [0.15, 0.2) is 0 Å². The third-order valence-electron chi connectivity index (χ3n) is 2.75. The predicted octanol–water partition coefficient (Wildman–Crippen LogP) is 3.16. The molecular formula is C14H13FN2O2. The van der Waals surface area contributed by atoms with E-state index in [0.717, 1.165) is 0 Å². The van der Waals surface area contributed by atoms with E-state index in [4.69, 9.17) is 10.8 Å². The smallest absolute Gasteiger partial charge is 0.337 e. The lowest BCUT2D eigenvalue weighted by atomic mass is 10.1. The highest BCUT2D eigenvalue weighted by Crippen LogP contribution is 2.28. The van der Waals surface area contributed by atoms with Crippen LogP contribution in [0.3, 0.4) is 0 Å². The zero-order valence-electron chi connectivity index (χ0n) is 10.3. The summed E-state index contributed by atoms with van der Waals surface area (Å²) in [5.41, 5.74) is 7.53. The van der Waals surface area contributed by atoms with Crippen molar-refractivity contribution >= 4 is 23.0 Å². The number of nitrogen functional groups attached to an aromatic ring is 1. The molecule has 0 saturated heterocycles. The number of rotatable bonds is 3. The molecule has 0 aliphatic carbocycles. The van der Waals surface area contributed by atoms with Gasteiger partial charge in [0.1, 0.15) is 5.82 Å². The first-order chi connectivity index (χ1) is 8.99. The largest absolute Gasteiger partial charge is 0.478 e. The molecule has 2 aromatic carbocycles. The van der Waals surface area contributed by atoms with Gasteiger partial charge >= 0.3 is 5.97 Å². The van der Waals surface area contributed by atoms with Crippen LogP contribution in [-0.2, 0) is 0 Å². The lowest BCUT2D eigenvalue weighted by Gasteiger charge is -2.13. The predicted molar refractivity (Wildman–Crippen MR) is 72.2 cm³/mol.